The first-order valence-electron chi connectivity index (χ1n) is 11.9. The second-order valence-corrected chi connectivity index (χ2v) is 12.2. The molecule has 0 bridgehead atoms. The first-order chi connectivity index (χ1) is 16.4. The molecular weight excluding hydrogens is 464 g/mol. The van der Waals surface area contributed by atoms with Gasteiger partial charge in [-0.25, -0.2) is 8.42 Å². The van der Waals surface area contributed by atoms with E-state index in [-0.39, 0.29) is 29.0 Å². The average molecular weight is 499 g/mol. The minimum atomic E-state index is -3.90. The van der Waals surface area contributed by atoms with E-state index in [0.717, 1.165) is 27.6 Å². The molecule has 8 heteroatoms. The summed E-state index contributed by atoms with van der Waals surface area (Å²) in [5, 5.41) is 0.898. The van der Waals surface area contributed by atoms with E-state index in [4.69, 9.17) is 9.47 Å². The number of nitrogens with zero attached hydrogens (tertiary/aromatic N) is 1. The van der Waals surface area contributed by atoms with Gasteiger partial charge in [-0.2, -0.15) is 4.31 Å². The van der Waals surface area contributed by atoms with Crippen LogP contribution in [0.2, 0.25) is 0 Å². The van der Waals surface area contributed by atoms with Crippen molar-refractivity contribution in [2.75, 3.05) is 26.4 Å². The smallest absolute Gasteiger partial charge is 0.252 e. The monoisotopic (exact) mass is 498 g/mol. The van der Waals surface area contributed by atoms with Crippen LogP contribution < -0.4 is 5.56 Å². The molecule has 2 aromatic carbocycles. The molecule has 0 spiro atoms. The van der Waals surface area contributed by atoms with Gasteiger partial charge in [-0.1, -0.05) is 39.0 Å². The predicted octanol–water partition coefficient (Wildman–Crippen LogP) is 4.05. The summed E-state index contributed by atoms with van der Waals surface area (Å²) in [5.74, 6) is 0. The quantitative estimate of drug-likeness (QED) is 0.554. The van der Waals surface area contributed by atoms with Gasteiger partial charge in [0, 0.05) is 29.6 Å². The van der Waals surface area contributed by atoms with Crippen LogP contribution in [0.25, 0.3) is 10.9 Å². The number of benzene rings is 2. The van der Waals surface area contributed by atoms with Crippen molar-refractivity contribution in [1.29, 1.82) is 0 Å². The maximum atomic E-state index is 13.8. The van der Waals surface area contributed by atoms with E-state index < -0.39 is 16.1 Å². The molecule has 35 heavy (non-hydrogen) atoms. The lowest BCUT2D eigenvalue weighted by atomic mass is 9.87. The zero-order valence-electron chi connectivity index (χ0n) is 21.1. The van der Waals surface area contributed by atoms with Crippen LogP contribution >= 0.6 is 0 Å². The zero-order valence-corrected chi connectivity index (χ0v) is 21.9. The fourth-order valence-corrected chi connectivity index (χ4v) is 5.87. The number of ether oxygens (including phenoxy) is 2. The summed E-state index contributed by atoms with van der Waals surface area (Å²) in [6.45, 7) is 11.4. The Kier molecular flexibility index (Phi) is 7.20. The number of fused-ring (bicyclic) bond motifs is 1. The minimum Gasteiger partial charge on any atom is -0.376 e. The largest absolute Gasteiger partial charge is 0.376 e. The number of hydrogen-bond acceptors (Lipinski definition) is 5. The normalized spacial score (nSPS) is 17.3. The van der Waals surface area contributed by atoms with Crippen molar-refractivity contribution in [2.45, 2.75) is 57.6 Å². The van der Waals surface area contributed by atoms with Crippen LogP contribution in [-0.2, 0) is 31.5 Å². The van der Waals surface area contributed by atoms with Crippen LogP contribution in [0.15, 0.2) is 52.2 Å². The maximum Gasteiger partial charge on any atom is 0.252 e. The molecule has 188 valence electrons. The zero-order chi connectivity index (χ0) is 25.4. The van der Waals surface area contributed by atoms with Crippen LogP contribution in [0.1, 0.15) is 43.0 Å². The first kappa shape index (κ1) is 25.6. The number of sulfonamides is 1. The highest BCUT2D eigenvalue weighted by Gasteiger charge is 2.30. The second-order valence-electron chi connectivity index (χ2n) is 10.3. The van der Waals surface area contributed by atoms with E-state index in [1.54, 1.807) is 18.2 Å². The van der Waals surface area contributed by atoms with E-state index in [1.807, 2.05) is 38.1 Å². The molecule has 0 saturated carbocycles. The summed E-state index contributed by atoms with van der Waals surface area (Å²) in [5.41, 5.74) is 3.85. The van der Waals surface area contributed by atoms with Crippen LogP contribution in [0, 0.1) is 13.8 Å². The number of aromatic nitrogens is 1. The summed E-state index contributed by atoms with van der Waals surface area (Å²) in [7, 11) is -3.90. The SMILES string of the molecule is Cc1cc(C)c2cc(CN(C[C@H]3COCCO3)S(=O)(=O)c3ccc(C(C)(C)C)cc3)c(=O)[nH]c2c1. The molecule has 0 amide bonds. The Balaban J connectivity index is 1.73. The molecule has 4 rings (SSSR count). The maximum absolute atomic E-state index is 13.8. The van der Waals surface area contributed by atoms with E-state index in [0.29, 0.717) is 25.4 Å². The Morgan fingerprint density at radius 1 is 1.06 bits per heavy atom. The van der Waals surface area contributed by atoms with Crippen molar-refractivity contribution in [3.63, 3.8) is 0 Å². The lowest BCUT2D eigenvalue weighted by Crippen LogP contribution is -2.43. The lowest BCUT2D eigenvalue weighted by molar-refractivity contribution is -0.0923. The number of hydrogen-bond donors (Lipinski definition) is 1. The number of pyridine rings is 1. The average Bonchev–Trinajstić information content (AvgIpc) is 2.79. The molecule has 1 aliphatic heterocycles. The highest BCUT2D eigenvalue weighted by atomic mass is 32.2. The van der Waals surface area contributed by atoms with Crippen molar-refractivity contribution in [1.82, 2.24) is 9.29 Å². The van der Waals surface area contributed by atoms with Crippen LogP contribution in [-0.4, -0.2) is 50.2 Å². The van der Waals surface area contributed by atoms with Gasteiger partial charge in [-0.3, -0.25) is 4.79 Å². The molecule has 2 heterocycles. The fourth-order valence-electron chi connectivity index (χ4n) is 4.42. The van der Waals surface area contributed by atoms with Gasteiger partial charge in [0.25, 0.3) is 5.56 Å². The summed E-state index contributed by atoms with van der Waals surface area (Å²) in [6.07, 6.45) is -0.406. The Labute approximate surface area is 207 Å². The third kappa shape index (κ3) is 5.67. The highest BCUT2D eigenvalue weighted by Crippen LogP contribution is 2.26. The molecule has 1 N–H and O–H groups in total. The van der Waals surface area contributed by atoms with Crippen LogP contribution in [0.4, 0.5) is 0 Å². The van der Waals surface area contributed by atoms with Crippen molar-refractivity contribution >= 4 is 20.9 Å². The molecule has 0 unspecified atom stereocenters. The van der Waals surface area contributed by atoms with Crippen molar-refractivity contribution in [2.24, 2.45) is 0 Å². The van der Waals surface area contributed by atoms with E-state index >= 15 is 0 Å². The molecule has 1 aliphatic rings. The first-order valence-corrected chi connectivity index (χ1v) is 13.3. The van der Waals surface area contributed by atoms with Crippen molar-refractivity contribution < 1.29 is 17.9 Å². The summed E-state index contributed by atoms with van der Waals surface area (Å²) in [6, 6.07) is 12.7. The number of H-pyrrole nitrogens is 1. The van der Waals surface area contributed by atoms with Gasteiger partial charge >= 0.3 is 0 Å². The molecule has 1 aromatic heterocycles. The Morgan fingerprint density at radius 2 is 1.77 bits per heavy atom. The van der Waals surface area contributed by atoms with Crippen LogP contribution in [0.5, 0.6) is 0 Å². The number of nitrogens with one attached hydrogen (secondary N) is 1. The highest BCUT2D eigenvalue weighted by molar-refractivity contribution is 7.89. The summed E-state index contributed by atoms with van der Waals surface area (Å²) >= 11 is 0. The molecule has 1 fully saturated rings. The van der Waals surface area contributed by atoms with Crippen LogP contribution in [0.3, 0.4) is 0 Å². The number of aromatic amines is 1. The van der Waals surface area contributed by atoms with Gasteiger partial charge in [-0.15, -0.1) is 0 Å². The predicted molar refractivity (Wildman–Crippen MR) is 137 cm³/mol. The topological polar surface area (TPSA) is 88.7 Å². The summed E-state index contributed by atoms with van der Waals surface area (Å²) in [4.78, 5) is 16.1. The summed E-state index contributed by atoms with van der Waals surface area (Å²) < 4.78 is 40.1. The standard InChI is InChI=1S/C27H34N2O5S/c1-18-12-19(2)24-14-20(26(30)28-25(24)13-18)15-29(16-22-17-33-10-11-34-22)35(31,32)23-8-6-21(7-9-23)27(3,4)5/h6-9,12-14,22H,10-11,15-17H2,1-5H3,(H,28,30)/t22-/m0/s1. The van der Waals surface area contributed by atoms with Gasteiger partial charge in [0.2, 0.25) is 10.0 Å². The third-order valence-corrected chi connectivity index (χ3v) is 8.21. The Bertz CT molecular complexity index is 1370. The molecule has 1 atom stereocenters. The number of rotatable bonds is 6. The molecule has 1 saturated heterocycles. The third-order valence-electron chi connectivity index (χ3n) is 6.39. The van der Waals surface area contributed by atoms with E-state index in [9.17, 15) is 13.2 Å². The van der Waals surface area contributed by atoms with Gasteiger partial charge < -0.3 is 14.5 Å². The molecular formula is C27H34N2O5S. The van der Waals surface area contributed by atoms with Gasteiger partial charge in [0.15, 0.2) is 0 Å². The molecule has 7 nitrogen and oxygen atoms in total. The van der Waals surface area contributed by atoms with Crippen molar-refractivity contribution in [3.8, 4) is 0 Å². The van der Waals surface area contributed by atoms with Gasteiger partial charge in [0.1, 0.15) is 0 Å². The minimum absolute atomic E-state index is 0.0677. The van der Waals surface area contributed by atoms with Crippen molar-refractivity contribution in [3.05, 3.63) is 75.1 Å². The molecule has 0 radical (unpaired) electrons. The number of aryl methyl sites for hydroxylation is 2. The fraction of sp³-hybridized carbons (Fsp3) is 0.444. The Morgan fingerprint density at radius 3 is 2.40 bits per heavy atom. The Hall–Kier alpha value is -2.52. The van der Waals surface area contributed by atoms with Gasteiger partial charge in [0.05, 0.1) is 30.8 Å². The lowest BCUT2D eigenvalue weighted by Gasteiger charge is -2.29. The van der Waals surface area contributed by atoms with E-state index in [1.165, 1.54) is 4.31 Å². The van der Waals surface area contributed by atoms with E-state index in [2.05, 4.69) is 25.8 Å². The second kappa shape index (κ2) is 9.85. The molecule has 0 aliphatic carbocycles. The van der Waals surface area contributed by atoms with Gasteiger partial charge in [-0.05, 0) is 60.2 Å². The molecule has 3 aromatic rings.